The van der Waals surface area contributed by atoms with Gasteiger partial charge >= 0.3 is 7.82 Å². The highest BCUT2D eigenvalue weighted by Gasteiger charge is 2.37. The lowest BCUT2D eigenvalue weighted by Gasteiger charge is -2.34. The quantitative estimate of drug-likeness (QED) is 0.410. The number of hydroxylamine groups is 6. The summed E-state index contributed by atoms with van der Waals surface area (Å²) in [6.07, 6.45) is 0. The fourth-order valence-electron chi connectivity index (χ4n) is 2.65. The standard InChI is InChI=1S/C18H42N3O4P/c1-16(2,3)13-19(10)23-26(22,24-20(11)14-17(4,5)6)25-21(12)15-18(7,8)9/h13-15H2,1-12H3. The van der Waals surface area contributed by atoms with E-state index in [1.165, 1.54) is 15.2 Å². The number of hydrogen-bond donors (Lipinski definition) is 0. The molecule has 0 rings (SSSR count). The molecule has 0 fully saturated rings. The van der Waals surface area contributed by atoms with E-state index >= 15 is 0 Å². The zero-order valence-corrected chi connectivity index (χ0v) is 19.9. The molecule has 0 aliphatic heterocycles. The van der Waals surface area contributed by atoms with Gasteiger partial charge in [-0.1, -0.05) is 62.3 Å². The van der Waals surface area contributed by atoms with Crippen LogP contribution in [0, 0.1) is 16.2 Å². The van der Waals surface area contributed by atoms with Crippen LogP contribution in [0.5, 0.6) is 0 Å². The van der Waals surface area contributed by atoms with Crippen LogP contribution in [-0.4, -0.2) is 56.0 Å². The fraction of sp³-hybridized carbons (Fsp3) is 1.00. The van der Waals surface area contributed by atoms with E-state index < -0.39 is 7.82 Å². The van der Waals surface area contributed by atoms with Crippen LogP contribution >= 0.6 is 7.82 Å². The van der Waals surface area contributed by atoms with E-state index in [1.54, 1.807) is 21.1 Å². The average molecular weight is 396 g/mol. The lowest BCUT2D eigenvalue weighted by atomic mass is 9.97. The molecule has 0 bridgehead atoms. The van der Waals surface area contributed by atoms with Crippen molar-refractivity contribution in [2.24, 2.45) is 16.2 Å². The Bertz CT molecular complexity index is 400. The second-order valence-electron chi connectivity index (χ2n) is 10.7. The molecule has 0 N–H and O–H groups in total. The topological polar surface area (TPSA) is 54.5 Å². The third kappa shape index (κ3) is 14.1. The Morgan fingerprint density at radius 1 is 0.577 bits per heavy atom. The number of phosphoric acid groups is 1. The Morgan fingerprint density at radius 2 is 0.769 bits per heavy atom. The number of hydrogen-bond acceptors (Lipinski definition) is 7. The molecule has 0 heterocycles. The van der Waals surface area contributed by atoms with Gasteiger partial charge in [-0.25, -0.2) is 4.57 Å². The monoisotopic (exact) mass is 395 g/mol. The first-order chi connectivity index (χ1) is 11.3. The third-order valence-electron chi connectivity index (χ3n) is 2.81. The average Bonchev–Trinajstić information content (AvgIpc) is 2.16. The fourth-order valence-corrected chi connectivity index (χ4v) is 3.93. The normalized spacial score (nSPS) is 14.7. The summed E-state index contributed by atoms with van der Waals surface area (Å²) in [7, 11) is 1.33. The maximum Gasteiger partial charge on any atom is 0.525 e. The van der Waals surface area contributed by atoms with Crippen LogP contribution in [0.1, 0.15) is 62.3 Å². The zero-order chi connectivity index (χ0) is 21.0. The van der Waals surface area contributed by atoms with E-state index in [0.717, 1.165) is 0 Å². The second-order valence-corrected chi connectivity index (χ2v) is 12.1. The van der Waals surface area contributed by atoms with Crippen molar-refractivity contribution in [2.75, 3.05) is 40.8 Å². The highest BCUT2D eigenvalue weighted by molar-refractivity contribution is 7.48. The van der Waals surface area contributed by atoms with E-state index in [9.17, 15) is 4.57 Å². The summed E-state index contributed by atoms with van der Waals surface area (Å²) in [6.45, 7) is 20.5. The molecule has 7 nitrogen and oxygen atoms in total. The van der Waals surface area contributed by atoms with Crippen LogP contribution in [0.3, 0.4) is 0 Å². The van der Waals surface area contributed by atoms with Gasteiger partial charge < -0.3 is 0 Å². The van der Waals surface area contributed by atoms with Crippen LogP contribution in [0.25, 0.3) is 0 Å². The van der Waals surface area contributed by atoms with Crippen LogP contribution < -0.4 is 0 Å². The van der Waals surface area contributed by atoms with Crippen LogP contribution in [-0.2, 0) is 18.4 Å². The van der Waals surface area contributed by atoms with Crippen molar-refractivity contribution in [3.8, 4) is 0 Å². The molecule has 158 valence electrons. The van der Waals surface area contributed by atoms with Crippen molar-refractivity contribution in [1.29, 1.82) is 0 Å². The Labute approximate surface area is 161 Å². The molecule has 26 heavy (non-hydrogen) atoms. The highest BCUT2D eigenvalue weighted by atomic mass is 31.2. The van der Waals surface area contributed by atoms with E-state index in [0.29, 0.717) is 19.6 Å². The van der Waals surface area contributed by atoms with E-state index in [2.05, 4.69) is 62.3 Å². The van der Waals surface area contributed by atoms with Gasteiger partial charge in [-0.15, -0.1) is 0 Å². The maximum absolute atomic E-state index is 13.3. The first kappa shape index (κ1) is 26.0. The van der Waals surface area contributed by atoms with E-state index in [-0.39, 0.29) is 16.2 Å². The summed E-state index contributed by atoms with van der Waals surface area (Å²) in [5.41, 5.74) is -0.0589. The van der Waals surface area contributed by atoms with Gasteiger partial charge in [0.25, 0.3) is 0 Å². The summed E-state index contributed by atoms with van der Waals surface area (Å²) in [6, 6.07) is 0. The van der Waals surface area contributed by atoms with Crippen molar-refractivity contribution in [3.05, 3.63) is 0 Å². The molecule has 0 saturated carbocycles. The smallest absolute Gasteiger partial charge is 0.223 e. The lowest BCUT2D eigenvalue weighted by Crippen LogP contribution is -2.35. The Morgan fingerprint density at radius 3 is 0.923 bits per heavy atom. The summed E-state index contributed by atoms with van der Waals surface area (Å²) >= 11 is 0. The second kappa shape index (κ2) is 9.46. The minimum atomic E-state index is -3.87. The molecular formula is C18H42N3O4P. The molecule has 8 heteroatoms. The van der Waals surface area contributed by atoms with E-state index in [1.807, 2.05) is 0 Å². The minimum absolute atomic E-state index is 0.0196. The lowest BCUT2D eigenvalue weighted by molar-refractivity contribution is -0.180. The van der Waals surface area contributed by atoms with Gasteiger partial charge in [0, 0.05) is 40.8 Å². The maximum atomic E-state index is 13.3. The van der Waals surface area contributed by atoms with Gasteiger partial charge in [0.1, 0.15) is 0 Å². The Balaban J connectivity index is 5.21. The molecule has 0 atom stereocenters. The summed E-state index contributed by atoms with van der Waals surface area (Å²) < 4.78 is 30.2. The van der Waals surface area contributed by atoms with E-state index in [4.69, 9.17) is 13.9 Å². The number of nitrogens with zero attached hydrogens (tertiary/aromatic N) is 3. The van der Waals surface area contributed by atoms with Gasteiger partial charge in [0.15, 0.2) is 0 Å². The summed E-state index contributed by atoms with van der Waals surface area (Å²) in [5.74, 6) is 0. The molecule has 0 spiro atoms. The van der Waals surface area contributed by atoms with Crippen LogP contribution in [0.15, 0.2) is 0 Å². The Hall–Kier alpha value is -0.0100. The first-order valence-corrected chi connectivity index (χ1v) is 10.6. The molecule has 0 unspecified atom stereocenters. The molecular weight excluding hydrogens is 353 g/mol. The SMILES string of the molecule is CN(CC(C)(C)C)OP(=O)(ON(C)CC(C)(C)C)ON(C)CC(C)(C)C. The van der Waals surface area contributed by atoms with Gasteiger partial charge in [-0.2, -0.15) is 29.1 Å². The zero-order valence-electron chi connectivity index (χ0n) is 19.0. The van der Waals surface area contributed by atoms with Crippen LogP contribution in [0.2, 0.25) is 0 Å². The molecule has 0 aliphatic rings. The number of rotatable bonds is 9. The first-order valence-electron chi connectivity index (χ1n) is 9.13. The van der Waals surface area contributed by atoms with Crippen molar-refractivity contribution >= 4 is 7.82 Å². The molecule has 0 aliphatic carbocycles. The van der Waals surface area contributed by atoms with Gasteiger partial charge in [0.2, 0.25) is 0 Å². The molecule has 0 aromatic heterocycles. The van der Waals surface area contributed by atoms with Crippen molar-refractivity contribution < 1.29 is 18.4 Å². The minimum Gasteiger partial charge on any atom is -0.223 e. The highest BCUT2D eigenvalue weighted by Crippen LogP contribution is 2.52. The van der Waals surface area contributed by atoms with Gasteiger partial charge in [-0.3, -0.25) is 0 Å². The largest absolute Gasteiger partial charge is 0.525 e. The molecule has 0 radical (unpaired) electrons. The van der Waals surface area contributed by atoms with Crippen molar-refractivity contribution in [3.63, 3.8) is 0 Å². The summed E-state index contributed by atoms with van der Waals surface area (Å²) in [4.78, 5) is 0. The molecule has 0 amide bonds. The molecule has 0 saturated heterocycles. The van der Waals surface area contributed by atoms with Crippen molar-refractivity contribution in [2.45, 2.75) is 62.3 Å². The van der Waals surface area contributed by atoms with Crippen molar-refractivity contribution in [1.82, 2.24) is 15.2 Å². The molecule has 0 aromatic carbocycles. The summed E-state index contributed by atoms with van der Waals surface area (Å²) in [5, 5.41) is 4.57. The van der Waals surface area contributed by atoms with Gasteiger partial charge in [-0.05, 0) is 16.2 Å². The third-order valence-corrected chi connectivity index (χ3v) is 4.25. The predicted octanol–water partition coefficient (Wildman–Crippen LogP) is 4.82. The predicted molar refractivity (Wildman–Crippen MR) is 107 cm³/mol. The molecule has 0 aromatic rings. The van der Waals surface area contributed by atoms with Gasteiger partial charge in [0.05, 0.1) is 0 Å². The van der Waals surface area contributed by atoms with Crippen LogP contribution in [0.4, 0.5) is 0 Å². The Kier molecular flexibility index (Phi) is 9.46.